The minimum atomic E-state index is -1.02. The van der Waals surface area contributed by atoms with Crippen molar-refractivity contribution in [2.45, 2.75) is 38.3 Å². The van der Waals surface area contributed by atoms with Crippen LogP contribution in [0.25, 0.3) is 0 Å². The summed E-state index contributed by atoms with van der Waals surface area (Å²) in [5.74, 6) is 0.870. The molecule has 3 N–H and O–H groups in total. The van der Waals surface area contributed by atoms with Crippen molar-refractivity contribution in [2.24, 2.45) is 0 Å². The van der Waals surface area contributed by atoms with E-state index in [1.54, 1.807) is 6.92 Å². The summed E-state index contributed by atoms with van der Waals surface area (Å²) in [4.78, 5) is 15.9. The van der Waals surface area contributed by atoms with Crippen molar-refractivity contribution in [1.29, 1.82) is 0 Å². The van der Waals surface area contributed by atoms with Crippen molar-refractivity contribution in [3.05, 3.63) is 47.1 Å². The molecule has 2 amide bonds. The first-order valence-electron chi connectivity index (χ1n) is 7.68. The highest BCUT2D eigenvalue weighted by atomic mass is 16.5. The number of benzene rings is 1. The van der Waals surface area contributed by atoms with Crippen molar-refractivity contribution >= 4 is 6.03 Å². The second kappa shape index (κ2) is 6.37. The second-order valence-electron chi connectivity index (χ2n) is 5.81. The highest BCUT2D eigenvalue weighted by Crippen LogP contribution is 2.34. The standard InChI is InChI=1S/C16H20N4O3/c1-11-19-14(23-20-11)9-17-15(21)18-10-16(22)8-4-6-12-5-2-3-7-13(12)16/h2-3,5,7,22H,4,6,8-10H2,1H3,(H2,17,18,21). The van der Waals surface area contributed by atoms with Crippen LogP contribution in [0.4, 0.5) is 4.79 Å². The van der Waals surface area contributed by atoms with Crippen LogP contribution in [-0.2, 0) is 18.6 Å². The number of carbonyl (C=O) groups is 1. The van der Waals surface area contributed by atoms with Crippen molar-refractivity contribution in [3.8, 4) is 0 Å². The lowest BCUT2D eigenvalue weighted by molar-refractivity contribution is 0.0216. The average Bonchev–Trinajstić information content (AvgIpc) is 2.97. The molecule has 23 heavy (non-hydrogen) atoms. The maximum absolute atomic E-state index is 11.9. The smallest absolute Gasteiger partial charge is 0.315 e. The van der Waals surface area contributed by atoms with Gasteiger partial charge < -0.3 is 20.3 Å². The third-order valence-electron chi connectivity index (χ3n) is 4.07. The van der Waals surface area contributed by atoms with Crippen LogP contribution in [0.15, 0.2) is 28.8 Å². The summed E-state index contributed by atoms with van der Waals surface area (Å²) in [6.45, 7) is 2.03. The molecule has 122 valence electrons. The SMILES string of the molecule is Cc1noc(CNC(=O)NCC2(O)CCCc3ccccc32)n1. The number of hydrogen-bond acceptors (Lipinski definition) is 5. The van der Waals surface area contributed by atoms with E-state index in [2.05, 4.69) is 20.8 Å². The number of urea groups is 1. The van der Waals surface area contributed by atoms with Crippen molar-refractivity contribution in [2.75, 3.05) is 6.54 Å². The van der Waals surface area contributed by atoms with E-state index >= 15 is 0 Å². The maximum atomic E-state index is 11.9. The molecule has 2 aromatic rings. The van der Waals surface area contributed by atoms with Crippen LogP contribution in [-0.4, -0.2) is 27.8 Å². The second-order valence-corrected chi connectivity index (χ2v) is 5.81. The zero-order valence-corrected chi connectivity index (χ0v) is 13.0. The minimum absolute atomic E-state index is 0.154. The first-order valence-corrected chi connectivity index (χ1v) is 7.68. The average molecular weight is 316 g/mol. The first-order chi connectivity index (χ1) is 11.1. The van der Waals surface area contributed by atoms with E-state index in [0.717, 1.165) is 24.0 Å². The highest BCUT2D eigenvalue weighted by molar-refractivity contribution is 5.73. The van der Waals surface area contributed by atoms with E-state index < -0.39 is 5.60 Å². The van der Waals surface area contributed by atoms with Gasteiger partial charge in [0.1, 0.15) is 5.60 Å². The molecule has 0 spiro atoms. The Morgan fingerprint density at radius 1 is 1.39 bits per heavy atom. The number of aromatic nitrogens is 2. The van der Waals surface area contributed by atoms with Gasteiger partial charge in [0, 0.05) is 0 Å². The molecule has 0 radical (unpaired) electrons. The molecule has 0 saturated carbocycles. The largest absolute Gasteiger partial charge is 0.383 e. The van der Waals surface area contributed by atoms with E-state index in [4.69, 9.17) is 4.52 Å². The number of fused-ring (bicyclic) bond motifs is 1. The number of aryl methyl sites for hydroxylation is 2. The number of hydrogen-bond donors (Lipinski definition) is 3. The van der Waals surface area contributed by atoms with E-state index in [1.165, 1.54) is 0 Å². The van der Waals surface area contributed by atoms with Gasteiger partial charge in [-0.25, -0.2) is 4.79 Å². The summed E-state index contributed by atoms with van der Waals surface area (Å²) in [7, 11) is 0. The van der Waals surface area contributed by atoms with Gasteiger partial charge in [-0.3, -0.25) is 0 Å². The highest BCUT2D eigenvalue weighted by Gasteiger charge is 2.34. The van der Waals surface area contributed by atoms with Gasteiger partial charge >= 0.3 is 6.03 Å². The Hall–Kier alpha value is -2.41. The Kier molecular flexibility index (Phi) is 4.29. The topological polar surface area (TPSA) is 100 Å². The molecule has 0 saturated heterocycles. The Morgan fingerprint density at radius 3 is 3.00 bits per heavy atom. The number of amides is 2. The normalized spacial score (nSPS) is 19.9. The number of carbonyl (C=O) groups excluding carboxylic acids is 1. The molecule has 3 rings (SSSR count). The maximum Gasteiger partial charge on any atom is 0.315 e. The molecule has 1 aliphatic rings. The van der Waals surface area contributed by atoms with Gasteiger partial charge in [0.25, 0.3) is 0 Å². The van der Waals surface area contributed by atoms with Crippen molar-refractivity contribution in [1.82, 2.24) is 20.8 Å². The summed E-state index contributed by atoms with van der Waals surface area (Å²) in [5.41, 5.74) is 1.02. The monoisotopic (exact) mass is 316 g/mol. The van der Waals surface area contributed by atoms with Crippen LogP contribution in [0.3, 0.4) is 0 Å². The number of nitrogens with one attached hydrogen (secondary N) is 2. The lowest BCUT2D eigenvalue weighted by atomic mass is 9.79. The van der Waals surface area contributed by atoms with E-state index in [0.29, 0.717) is 18.1 Å². The third kappa shape index (κ3) is 3.50. The number of aliphatic hydroxyl groups is 1. The van der Waals surface area contributed by atoms with E-state index in [9.17, 15) is 9.90 Å². The molecule has 1 aromatic carbocycles. The Balaban J connectivity index is 1.56. The summed E-state index contributed by atoms with van der Waals surface area (Å²) >= 11 is 0. The van der Waals surface area contributed by atoms with Gasteiger partial charge in [0.2, 0.25) is 5.89 Å². The lowest BCUT2D eigenvalue weighted by Crippen LogP contribution is -2.46. The van der Waals surface area contributed by atoms with Gasteiger partial charge in [0.15, 0.2) is 5.82 Å². The van der Waals surface area contributed by atoms with E-state index in [-0.39, 0.29) is 19.1 Å². The molecule has 1 heterocycles. The van der Waals surface area contributed by atoms with Crippen LogP contribution in [0.2, 0.25) is 0 Å². The summed E-state index contributed by atoms with van der Waals surface area (Å²) in [6.07, 6.45) is 2.49. The fourth-order valence-electron chi connectivity index (χ4n) is 2.94. The van der Waals surface area contributed by atoms with Crippen LogP contribution in [0, 0.1) is 6.92 Å². The van der Waals surface area contributed by atoms with Crippen LogP contribution < -0.4 is 10.6 Å². The quantitative estimate of drug-likeness (QED) is 0.791. The summed E-state index contributed by atoms with van der Waals surface area (Å²) < 4.78 is 4.92. The van der Waals surface area contributed by atoms with Gasteiger partial charge in [-0.15, -0.1) is 0 Å². The van der Waals surface area contributed by atoms with Crippen molar-refractivity contribution < 1.29 is 14.4 Å². The number of nitrogens with zero attached hydrogens (tertiary/aromatic N) is 2. The van der Waals surface area contributed by atoms with Crippen LogP contribution in [0.5, 0.6) is 0 Å². The third-order valence-corrected chi connectivity index (χ3v) is 4.07. The fraction of sp³-hybridized carbons (Fsp3) is 0.438. The predicted octanol–water partition coefficient (Wildman–Crippen LogP) is 1.40. The Morgan fingerprint density at radius 2 is 2.22 bits per heavy atom. The van der Waals surface area contributed by atoms with Gasteiger partial charge in [0.05, 0.1) is 13.1 Å². The molecule has 1 aliphatic carbocycles. The molecule has 0 aliphatic heterocycles. The molecule has 7 heteroatoms. The molecule has 0 fully saturated rings. The predicted molar refractivity (Wildman–Crippen MR) is 82.6 cm³/mol. The number of rotatable bonds is 4. The van der Waals surface area contributed by atoms with Crippen LogP contribution in [0.1, 0.15) is 35.7 Å². The molecular weight excluding hydrogens is 296 g/mol. The van der Waals surface area contributed by atoms with Gasteiger partial charge in [-0.05, 0) is 37.3 Å². The van der Waals surface area contributed by atoms with Crippen molar-refractivity contribution in [3.63, 3.8) is 0 Å². The van der Waals surface area contributed by atoms with E-state index in [1.807, 2.05) is 24.3 Å². The summed E-state index contributed by atoms with van der Waals surface area (Å²) in [5, 5.41) is 19.9. The van der Waals surface area contributed by atoms with Gasteiger partial charge in [-0.2, -0.15) is 4.98 Å². The molecule has 1 atom stereocenters. The summed E-state index contributed by atoms with van der Waals surface area (Å²) in [6, 6.07) is 7.45. The lowest BCUT2D eigenvalue weighted by Gasteiger charge is -2.34. The Bertz CT molecular complexity index is 700. The molecular formula is C16H20N4O3. The Labute approximate surface area is 134 Å². The molecule has 1 unspecified atom stereocenters. The first kappa shape index (κ1) is 15.5. The zero-order chi connectivity index (χ0) is 16.3. The molecule has 1 aromatic heterocycles. The zero-order valence-electron chi connectivity index (χ0n) is 13.0. The molecule has 7 nitrogen and oxygen atoms in total. The van der Waals surface area contributed by atoms with Gasteiger partial charge in [-0.1, -0.05) is 29.4 Å². The van der Waals surface area contributed by atoms with Crippen LogP contribution >= 0.6 is 0 Å². The minimum Gasteiger partial charge on any atom is -0.383 e. The molecule has 0 bridgehead atoms. The fourth-order valence-corrected chi connectivity index (χ4v) is 2.94.